The van der Waals surface area contributed by atoms with Gasteiger partial charge >= 0.3 is 0 Å². The fraction of sp³-hybridized carbons (Fsp3) is 0.333. The Balaban J connectivity index is 1.90. The van der Waals surface area contributed by atoms with Gasteiger partial charge in [0.1, 0.15) is 16.5 Å². The van der Waals surface area contributed by atoms with Crippen molar-refractivity contribution in [3.05, 3.63) is 59.4 Å². The van der Waals surface area contributed by atoms with Crippen molar-refractivity contribution in [3.8, 4) is 5.75 Å². The van der Waals surface area contributed by atoms with E-state index in [0.717, 1.165) is 11.1 Å². The van der Waals surface area contributed by atoms with Gasteiger partial charge in [-0.3, -0.25) is 0 Å². The predicted molar refractivity (Wildman–Crippen MR) is 91.6 cm³/mol. The van der Waals surface area contributed by atoms with Crippen LogP contribution in [0, 0.1) is 12.7 Å². The Bertz CT molecular complexity index is 852. The first-order valence-corrected chi connectivity index (χ1v) is 9.37. The van der Waals surface area contributed by atoms with Crippen molar-refractivity contribution < 1.29 is 22.3 Å². The molecular weight excluding hydrogens is 345 g/mol. The number of halogens is 1. The number of hydrogen-bond acceptors (Lipinski definition) is 4. The van der Waals surface area contributed by atoms with E-state index < -0.39 is 16.1 Å². The van der Waals surface area contributed by atoms with Gasteiger partial charge in [0, 0.05) is 13.1 Å². The Morgan fingerprint density at radius 1 is 1.20 bits per heavy atom. The third kappa shape index (κ3) is 3.68. The monoisotopic (exact) mass is 365 g/mol. The molecule has 0 aromatic heterocycles. The van der Waals surface area contributed by atoms with Gasteiger partial charge in [-0.2, -0.15) is 4.31 Å². The molecule has 1 fully saturated rings. The summed E-state index contributed by atoms with van der Waals surface area (Å²) >= 11 is 0. The van der Waals surface area contributed by atoms with Gasteiger partial charge in [0.25, 0.3) is 0 Å². The molecule has 25 heavy (non-hydrogen) atoms. The number of aryl methyl sites for hydroxylation is 1. The molecule has 0 amide bonds. The highest BCUT2D eigenvalue weighted by Gasteiger charge is 2.33. The molecule has 1 unspecified atom stereocenters. The zero-order valence-electron chi connectivity index (χ0n) is 14.1. The molecule has 0 aliphatic carbocycles. The van der Waals surface area contributed by atoms with Crippen LogP contribution < -0.4 is 4.74 Å². The first kappa shape index (κ1) is 17.8. The average Bonchev–Trinajstić information content (AvgIpc) is 2.62. The SMILES string of the molecule is COc1ccc(C)cc1S(=O)(=O)N1CCOC(c2ccc(F)cc2)C1. The van der Waals surface area contributed by atoms with Crippen LogP contribution in [0.25, 0.3) is 0 Å². The van der Waals surface area contributed by atoms with Crippen molar-refractivity contribution in [1.29, 1.82) is 0 Å². The lowest BCUT2D eigenvalue weighted by atomic mass is 10.1. The van der Waals surface area contributed by atoms with Crippen molar-refractivity contribution in [2.45, 2.75) is 17.9 Å². The molecule has 2 aromatic rings. The zero-order valence-corrected chi connectivity index (χ0v) is 14.9. The first-order valence-electron chi connectivity index (χ1n) is 7.93. The summed E-state index contributed by atoms with van der Waals surface area (Å²) in [7, 11) is -2.27. The largest absolute Gasteiger partial charge is 0.495 e. The van der Waals surface area contributed by atoms with Crippen LogP contribution in [0.4, 0.5) is 4.39 Å². The third-order valence-electron chi connectivity index (χ3n) is 4.21. The van der Waals surface area contributed by atoms with E-state index in [1.54, 1.807) is 30.3 Å². The molecule has 0 spiro atoms. The van der Waals surface area contributed by atoms with Gasteiger partial charge in [-0.05, 0) is 42.3 Å². The Morgan fingerprint density at radius 2 is 1.92 bits per heavy atom. The van der Waals surface area contributed by atoms with E-state index in [1.807, 2.05) is 6.92 Å². The Morgan fingerprint density at radius 3 is 2.60 bits per heavy atom. The van der Waals surface area contributed by atoms with Gasteiger partial charge in [0.15, 0.2) is 0 Å². The lowest BCUT2D eigenvalue weighted by Gasteiger charge is -2.32. The molecule has 0 saturated carbocycles. The minimum atomic E-state index is -3.72. The summed E-state index contributed by atoms with van der Waals surface area (Å²) in [4.78, 5) is 0.148. The second-order valence-electron chi connectivity index (χ2n) is 5.93. The van der Waals surface area contributed by atoms with E-state index in [2.05, 4.69) is 0 Å². The number of benzene rings is 2. The second-order valence-corrected chi connectivity index (χ2v) is 7.83. The standard InChI is InChI=1S/C18H20FNO4S/c1-13-3-8-16(23-2)18(11-13)25(21,22)20-9-10-24-17(12-20)14-4-6-15(19)7-5-14/h3-8,11,17H,9-10,12H2,1-2H3. The smallest absolute Gasteiger partial charge is 0.246 e. The number of hydrogen-bond donors (Lipinski definition) is 0. The number of rotatable bonds is 4. The van der Waals surface area contributed by atoms with Gasteiger partial charge in [-0.1, -0.05) is 18.2 Å². The average molecular weight is 365 g/mol. The topological polar surface area (TPSA) is 55.8 Å². The lowest BCUT2D eigenvalue weighted by Crippen LogP contribution is -2.42. The summed E-state index contributed by atoms with van der Waals surface area (Å²) in [5, 5.41) is 0. The van der Waals surface area contributed by atoms with E-state index in [0.29, 0.717) is 5.75 Å². The molecule has 0 N–H and O–H groups in total. The van der Waals surface area contributed by atoms with E-state index in [9.17, 15) is 12.8 Å². The first-order chi connectivity index (χ1) is 11.9. The maximum Gasteiger partial charge on any atom is 0.246 e. The highest BCUT2D eigenvalue weighted by molar-refractivity contribution is 7.89. The van der Waals surface area contributed by atoms with Crippen LogP contribution in [0.1, 0.15) is 17.2 Å². The van der Waals surface area contributed by atoms with E-state index >= 15 is 0 Å². The number of sulfonamides is 1. The van der Waals surface area contributed by atoms with Crippen molar-refractivity contribution in [3.63, 3.8) is 0 Å². The molecule has 2 aromatic carbocycles. The zero-order chi connectivity index (χ0) is 18.0. The van der Waals surface area contributed by atoms with Gasteiger partial charge in [-0.15, -0.1) is 0 Å². The number of ether oxygens (including phenoxy) is 2. The van der Waals surface area contributed by atoms with Gasteiger partial charge < -0.3 is 9.47 Å². The van der Waals surface area contributed by atoms with Crippen LogP contribution >= 0.6 is 0 Å². The van der Waals surface area contributed by atoms with Gasteiger partial charge in [0.2, 0.25) is 10.0 Å². The van der Waals surface area contributed by atoms with Crippen LogP contribution in [0.2, 0.25) is 0 Å². The molecule has 0 bridgehead atoms. The minimum Gasteiger partial charge on any atom is -0.495 e. The third-order valence-corrected chi connectivity index (χ3v) is 6.09. The fourth-order valence-electron chi connectivity index (χ4n) is 2.85. The molecule has 7 heteroatoms. The van der Waals surface area contributed by atoms with E-state index in [1.165, 1.54) is 23.5 Å². The molecule has 1 heterocycles. The molecular formula is C18H20FNO4S. The van der Waals surface area contributed by atoms with Crippen LogP contribution in [0.15, 0.2) is 47.4 Å². The Hall–Kier alpha value is -1.96. The molecule has 1 aliphatic rings. The highest BCUT2D eigenvalue weighted by Crippen LogP contribution is 2.31. The number of nitrogens with zero attached hydrogens (tertiary/aromatic N) is 1. The predicted octanol–water partition coefficient (Wildman–Crippen LogP) is 2.90. The van der Waals surface area contributed by atoms with Gasteiger partial charge in [-0.25, -0.2) is 12.8 Å². The van der Waals surface area contributed by atoms with Crippen LogP contribution in [-0.4, -0.2) is 39.5 Å². The summed E-state index contributed by atoms with van der Waals surface area (Å²) in [5.41, 5.74) is 1.58. The van der Waals surface area contributed by atoms with Gasteiger partial charge in [0.05, 0.1) is 19.8 Å². The second kappa shape index (κ2) is 7.11. The van der Waals surface area contributed by atoms with Crippen molar-refractivity contribution >= 4 is 10.0 Å². The Labute approximate surface area is 147 Å². The Kier molecular flexibility index (Phi) is 5.08. The molecule has 0 radical (unpaired) electrons. The van der Waals surface area contributed by atoms with Crippen molar-refractivity contribution in [2.75, 3.05) is 26.8 Å². The summed E-state index contributed by atoms with van der Waals surface area (Å²) in [6.45, 7) is 2.54. The van der Waals surface area contributed by atoms with Crippen LogP contribution in [0.5, 0.6) is 5.75 Å². The van der Waals surface area contributed by atoms with E-state index in [4.69, 9.17) is 9.47 Å². The van der Waals surface area contributed by atoms with Crippen molar-refractivity contribution in [1.82, 2.24) is 4.31 Å². The molecule has 1 aliphatic heterocycles. The van der Waals surface area contributed by atoms with E-state index in [-0.39, 0.29) is 30.4 Å². The summed E-state index contributed by atoms with van der Waals surface area (Å²) < 4.78 is 51.6. The maximum absolute atomic E-state index is 13.1. The lowest BCUT2D eigenvalue weighted by molar-refractivity contribution is -0.00262. The van der Waals surface area contributed by atoms with Crippen molar-refractivity contribution in [2.24, 2.45) is 0 Å². The number of methoxy groups -OCH3 is 1. The molecule has 5 nitrogen and oxygen atoms in total. The number of morpholine rings is 1. The quantitative estimate of drug-likeness (QED) is 0.836. The van der Waals surface area contributed by atoms with Crippen LogP contribution in [-0.2, 0) is 14.8 Å². The molecule has 134 valence electrons. The summed E-state index contributed by atoms with van der Waals surface area (Å²) in [6, 6.07) is 11.0. The minimum absolute atomic E-state index is 0.148. The molecule has 1 saturated heterocycles. The highest BCUT2D eigenvalue weighted by atomic mass is 32.2. The fourth-order valence-corrected chi connectivity index (χ4v) is 4.51. The molecule has 1 atom stereocenters. The summed E-state index contributed by atoms with van der Waals surface area (Å²) in [6.07, 6.45) is -0.431. The molecule has 3 rings (SSSR count). The normalized spacial score (nSPS) is 18.9. The summed E-state index contributed by atoms with van der Waals surface area (Å²) in [5.74, 6) is -0.0241. The van der Waals surface area contributed by atoms with Crippen LogP contribution in [0.3, 0.4) is 0 Å². The maximum atomic E-state index is 13.1.